The van der Waals surface area contributed by atoms with Crippen molar-refractivity contribution in [3.63, 3.8) is 0 Å². The Labute approximate surface area is 104 Å². The Hall–Kier alpha value is 0.390. The predicted molar refractivity (Wildman–Crippen MR) is 74.9 cm³/mol. The summed E-state index contributed by atoms with van der Waals surface area (Å²) in [6.07, 6.45) is 9.30. The van der Waals surface area contributed by atoms with E-state index < -0.39 is 0 Å². The van der Waals surface area contributed by atoms with E-state index in [1.807, 2.05) is 0 Å². The van der Waals surface area contributed by atoms with Crippen LogP contribution in [0.25, 0.3) is 0 Å². The van der Waals surface area contributed by atoms with Gasteiger partial charge in [-0.05, 0) is 69.4 Å². The maximum Gasteiger partial charge on any atom is 0.0217 e. The lowest BCUT2D eigenvalue weighted by atomic mass is 9.52. The molecule has 4 fully saturated rings. The van der Waals surface area contributed by atoms with Gasteiger partial charge in [0.2, 0.25) is 0 Å². The Morgan fingerprint density at radius 2 is 1.25 bits per heavy atom. The maximum atomic E-state index is 2.79. The second-order valence-corrected chi connectivity index (χ2v) is 6.31. The molecule has 1 atom stereocenters. The molecule has 0 aromatic carbocycles. The Morgan fingerprint density at radius 3 is 1.56 bits per heavy atom. The zero-order valence-electron chi connectivity index (χ0n) is 11.0. The van der Waals surface area contributed by atoms with Crippen molar-refractivity contribution in [3.8, 4) is 0 Å². The summed E-state index contributed by atoms with van der Waals surface area (Å²) in [6.45, 7) is 7.23. The third-order valence-electron chi connectivity index (χ3n) is 5.44. The highest BCUT2D eigenvalue weighted by molar-refractivity contribution is 6.92. The van der Waals surface area contributed by atoms with E-state index in [1.54, 1.807) is 19.3 Å². The van der Waals surface area contributed by atoms with Gasteiger partial charge in [0.15, 0.2) is 0 Å². The topological polar surface area (TPSA) is 3.24 Å². The van der Waals surface area contributed by atoms with Gasteiger partial charge in [-0.25, -0.2) is 0 Å². The highest BCUT2D eigenvalue weighted by Gasteiger charge is 2.52. The van der Waals surface area contributed by atoms with E-state index in [2.05, 4.69) is 18.7 Å². The Kier molecular flexibility index (Phi) is 3.67. The second kappa shape index (κ2) is 4.58. The first-order chi connectivity index (χ1) is 7.25. The molecule has 0 aromatic rings. The highest BCUT2D eigenvalue weighted by atomic mass is 31.0. The molecule has 0 amide bonds. The first-order valence-corrected chi connectivity index (χ1v) is 7.01. The van der Waals surface area contributed by atoms with Crippen LogP contribution in [0.15, 0.2) is 0 Å². The molecule has 16 heavy (non-hydrogen) atoms. The van der Waals surface area contributed by atoms with Crippen molar-refractivity contribution in [2.24, 2.45) is 17.8 Å². The minimum absolute atomic E-state index is 0. The number of hydrogen-bond donors (Lipinski definition) is 0. The first-order valence-electron chi connectivity index (χ1n) is 7.01. The van der Waals surface area contributed by atoms with Gasteiger partial charge >= 0.3 is 0 Å². The smallest absolute Gasteiger partial charge is 0.0217 e. The van der Waals surface area contributed by atoms with Gasteiger partial charge in [0.25, 0.3) is 0 Å². The average Bonchev–Trinajstić information content (AvgIpc) is 2.16. The SMILES string of the molecule is CCN(CC)C12CC3CC(CC(C3)C1)C2.P. The Morgan fingerprint density at radius 1 is 0.875 bits per heavy atom. The van der Waals surface area contributed by atoms with Crippen LogP contribution in [-0.4, -0.2) is 23.5 Å². The molecule has 4 aliphatic carbocycles. The first kappa shape index (κ1) is 12.8. The summed E-state index contributed by atoms with van der Waals surface area (Å²) in [4.78, 5) is 2.79. The molecule has 0 saturated heterocycles. The van der Waals surface area contributed by atoms with Gasteiger partial charge in [-0.1, -0.05) is 13.8 Å². The monoisotopic (exact) mass is 241 g/mol. The molecule has 4 saturated carbocycles. The molecule has 0 spiro atoms. The van der Waals surface area contributed by atoms with Gasteiger partial charge in [0.1, 0.15) is 0 Å². The minimum Gasteiger partial charge on any atom is -0.298 e. The summed E-state index contributed by atoms with van der Waals surface area (Å²) in [6, 6.07) is 0. The fourth-order valence-corrected chi connectivity index (χ4v) is 5.35. The Bertz CT molecular complexity index is 212. The third-order valence-corrected chi connectivity index (χ3v) is 5.44. The Balaban J connectivity index is 0.000000963. The fourth-order valence-electron chi connectivity index (χ4n) is 5.35. The van der Waals surface area contributed by atoms with Crippen molar-refractivity contribution in [1.29, 1.82) is 0 Å². The normalized spacial score (nSPS) is 44.8. The molecular weight excluding hydrogens is 213 g/mol. The summed E-state index contributed by atoms with van der Waals surface area (Å²) in [5.41, 5.74) is 0.651. The summed E-state index contributed by atoms with van der Waals surface area (Å²) < 4.78 is 0. The standard InChI is InChI=1S/C14H25N.H3P/c1-3-15(4-2)14-8-11-5-12(9-14)7-13(6-11)10-14;/h11-13H,3-10H2,1-2H3;1H3. The molecule has 0 aliphatic heterocycles. The molecule has 0 radical (unpaired) electrons. The van der Waals surface area contributed by atoms with E-state index in [0.717, 1.165) is 17.8 Å². The highest BCUT2D eigenvalue weighted by Crippen LogP contribution is 2.57. The lowest BCUT2D eigenvalue weighted by Crippen LogP contribution is -2.59. The maximum absolute atomic E-state index is 2.79. The van der Waals surface area contributed by atoms with Gasteiger partial charge < -0.3 is 0 Å². The summed E-state index contributed by atoms with van der Waals surface area (Å²) >= 11 is 0. The van der Waals surface area contributed by atoms with E-state index in [0.29, 0.717) is 5.54 Å². The van der Waals surface area contributed by atoms with E-state index in [9.17, 15) is 0 Å². The van der Waals surface area contributed by atoms with Gasteiger partial charge in [0, 0.05) is 5.54 Å². The number of nitrogens with zero attached hydrogens (tertiary/aromatic N) is 1. The van der Waals surface area contributed by atoms with Crippen LogP contribution in [0, 0.1) is 17.8 Å². The molecule has 2 heteroatoms. The molecule has 94 valence electrons. The van der Waals surface area contributed by atoms with Crippen LogP contribution in [-0.2, 0) is 0 Å². The second-order valence-electron chi connectivity index (χ2n) is 6.31. The van der Waals surface area contributed by atoms with Crippen LogP contribution in [0.5, 0.6) is 0 Å². The van der Waals surface area contributed by atoms with Crippen molar-refractivity contribution in [2.45, 2.75) is 57.9 Å². The van der Waals surface area contributed by atoms with Gasteiger partial charge in [-0.2, -0.15) is 9.90 Å². The van der Waals surface area contributed by atoms with Crippen molar-refractivity contribution >= 4 is 9.90 Å². The van der Waals surface area contributed by atoms with Crippen LogP contribution >= 0.6 is 9.90 Å². The van der Waals surface area contributed by atoms with E-state index in [-0.39, 0.29) is 9.90 Å². The average molecular weight is 241 g/mol. The van der Waals surface area contributed by atoms with Crippen molar-refractivity contribution in [3.05, 3.63) is 0 Å². The lowest BCUT2D eigenvalue weighted by molar-refractivity contribution is -0.0851. The van der Waals surface area contributed by atoms with Crippen LogP contribution in [0.2, 0.25) is 0 Å². The zero-order chi connectivity index (χ0) is 10.5. The largest absolute Gasteiger partial charge is 0.298 e. The van der Waals surface area contributed by atoms with Crippen LogP contribution in [0.1, 0.15) is 52.4 Å². The zero-order valence-corrected chi connectivity index (χ0v) is 12.5. The summed E-state index contributed by atoms with van der Waals surface area (Å²) in [5, 5.41) is 0. The molecular formula is C14H28NP. The van der Waals surface area contributed by atoms with Crippen LogP contribution in [0.4, 0.5) is 0 Å². The predicted octanol–water partition coefficient (Wildman–Crippen LogP) is 3.36. The number of rotatable bonds is 3. The van der Waals surface area contributed by atoms with Crippen LogP contribution < -0.4 is 0 Å². The van der Waals surface area contributed by atoms with Gasteiger partial charge in [-0.15, -0.1) is 0 Å². The molecule has 4 rings (SSSR count). The fraction of sp³-hybridized carbons (Fsp3) is 1.00. The van der Waals surface area contributed by atoms with Crippen molar-refractivity contribution < 1.29 is 0 Å². The van der Waals surface area contributed by atoms with E-state index >= 15 is 0 Å². The minimum atomic E-state index is 0. The van der Waals surface area contributed by atoms with Gasteiger partial charge in [0.05, 0.1) is 0 Å². The van der Waals surface area contributed by atoms with E-state index in [4.69, 9.17) is 0 Å². The van der Waals surface area contributed by atoms with Crippen LogP contribution in [0.3, 0.4) is 0 Å². The number of hydrogen-bond acceptors (Lipinski definition) is 1. The molecule has 0 aromatic heterocycles. The van der Waals surface area contributed by atoms with Gasteiger partial charge in [-0.3, -0.25) is 4.90 Å². The molecule has 4 bridgehead atoms. The molecule has 1 nitrogen and oxygen atoms in total. The molecule has 1 unspecified atom stereocenters. The third kappa shape index (κ3) is 1.85. The summed E-state index contributed by atoms with van der Waals surface area (Å²) in [7, 11) is 0. The lowest BCUT2D eigenvalue weighted by Gasteiger charge is -2.60. The molecule has 4 aliphatic rings. The molecule has 0 N–H and O–H groups in total. The van der Waals surface area contributed by atoms with Crippen molar-refractivity contribution in [2.75, 3.05) is 13.1 Å². The molecule has 0 heterocycles. The quantitative estimate of drug-likeness (QED) is 0.685. The van der Waals surface area contributed by atoms with Crippen molar-refractivity contribution in [1.82, 2.24) is 4.90 Å². The van der Waals surface area contributed by atoms with E-state index in [1.165, 1.54) is 32.4 Å². The summed E-state index contributed by atoms with van der Waals surface area (Å²) in [5.74, 6) is 3.28.